The molecule has 12 heavy (non-hydrogen) atoms. The van der Waals surface area contributed by atoms with Crippen LogP contribution >= 0.6 is 7.82 Å². The third-order valence-corrected chi connectivity index (χ3v) is 1.62. The van der Waals surface area contributed by atoms with Crippen molar-refractivity contribution in [2.45, 2.75) is 26.2 Å². The van der Waals surface area contributed by atoms with Gasteiger partial charge in [-0.15, -0.1) is 5.17 Å². The van der Waals surface area contributed by atoms with E-state index in [0.717, 1.165) is 19.3 Å². The summed E-state index contributed by atoms with van der Waals surface area (Å²) in [5.74, 6) is 5.12. The van der Waals surface area contributed by atoms with Crippen LogP contribution in [0.4, 0.5) is 0 Å². The highest BCUT2D eigenvalue weighted by Crippen LogP contribution is 2.36. The van der Waals surface area contributed by atoms with Gasteiger partial charge in [0.05, 0.1) is 0 Å². The van der Waals surface area contributed by atoms with E-state index < -0.39 is 7.82 Å². The number of unbranched alkanes of at least 4 members (excludes halogenated alkanes) is 2. The van der Waals surface area contributed by atoms with Gasteiger partial charge in [0, 0.05) is 6.54 Å². The lowest BCUT2D eigenvalue weighted by atomic mass is 10.2. The van der Waals surface area contributed by atoms with Gasteiger partial charge in [-0.1, -0.05) is 19.8 Å². The van der Waals surface area contributed by atoms with Crippen molar-refractivity contribution in [1.29, 1.82) is 0 Å². The van der Waals surface area contributed by atoms with Crippen LogP contribution < -0.4 is 5.84 Å². The molecule has 0 unspecified atom stereocenters. The van der Waals surface area contributed by atoms with Crippen molar-refractivity contribution in [3.05, 3.63) is 0 Å². The Kier molecular flexibility index (Phi) is 5.65. The van der Waals surface area contributed by atoms with E-state index in [1.165, 1.54) is 0 Å². The quantitative estimate of drug-likeness (QED) is 0.247. The smallest absolute Gasteiger partial charge is 0.302 e. The average molecular weight is 198 g/mol. The summed E-state index contributed by atoms with van der Waals surface area (Å²) < 4.78 is 14.3. The van der Waals surface area contributed by atoms with Gasteiger partial charge < -0.3 is 9.79 Å². The Balaban J connectivity index is 3.46. The Labute approximate surface area is 71.5 Å². The molecule has 4 N–H and O–H groups in total. The zero-order valence-corrected chi connectivity index (χ0v) is 7.91. The van der Waals surface area contributed by atoms with E-state index in [1.54, 1.807) is 0 Å². The van der Waals surface area contributed by atoms with Gasteiger partial charge in [0.25, 0.3) is 0 Å². The van der Waals surface area contributed by atoms with Crippen LogP contribution in [-0.2, 0) is 9.19 Å². The minimum Gasteiger partial charge on any atom is -0.302 e. The molecule has 6 nitrogen and oxygen atoms in total. The van der Waals surface area contributed by atoms with E-state index in [9.17, 15) is 4.57 Å². The summed E-state index contributed by atoms with van der Waals surface area (Å²) in [6, 6.07) is 0. The normalized spacial score (nSPS) is 12.4. The van der Waals surface area contributed by atoms with E-state index in [4.69, 9.17) is 15.6 Å². The van der Waals surface area contributed by atoms with E-state index in [-0.39, 0.29) is 0 Å². The van der Waals surface area contributed by atoms with Gasteiger partial charge in [0.2, 0.25) is 0 Å². The molecule has 74 valence electrons. The van der Waals surface area contributed by atoms with Crippen molar-refractivity contribution in [1.82, 2.24) is 5.17 Å². The van der Waals surface area contributed by atoms with E-state index in [2.05, 4.69) is 4.62 Å². The van der Waals surface area contributed by atoms with Crippen LogP contribution in [0, 0.1) is 0 Å². The predicted molar refractivity (Wildman–Crippen MR) is 43.5 cm³/mol. The summed E-state index contributed by atoms with van der Waals surface area (Å²) in [5.41, 5.74) is 0. The Hall–Kier alpha value is 0.0300. The van der Waals surface area contributed by atoms with Gasteiger partial charge in [-0.3, -0.25) is 0 Å². The number of hydrazine groups is 1. The maximum atomic E-state index is 10.2. The molecule has 0 radical (unpaired) electrons. The number of hydrogen-bond acceptors (Lipinski definition) is 4. The average Bonchev–Trinajstić information content (AvgIpc) is 1.84. The van der Waals surface area contributed by atoms with Crippen molar-refractivity contribution in [2.75, 3.05) is 6.54 Å². The standard InChI is InChI=1S/C5H15N2O4P/c1-2-3-4-5-7(6)11-12(8,9)10/h2-6H2,1H3,(H2,8,9,10). The van der Waals surface area contributed by atoms with Gasteiger partial charge in [0.1, 0.15) is 0 Å². The van der Waals surface area contributed by atoms with Gasteiger partial charge in [-0.05, 0) is 6.42 Å². The van der Waals surface area contributed by atoms with Gasteiger partial charge in [-0.25, -0.2) is 10.4 Å². The lowest BCUT2D eigenvalue weighted by molar-refractivity contribution is -0.0838. The number of phosphoric acid groups is 1. The second-order valence-corrected chi connectivity index (χ2v) is 3.56. The zero-order chi connectivity index (χ0) is 9.61. The molecule has 0 atom stereocenters. The molecule has 0 rings (SSSR count). The molecule has 0 aromatic heterocycles. The number of hydrogen-bond donors (Lipinski definition) is 3. The fourth-order valence-electron chi connectivity index (χ4n) is 0.695. The third kappa shape index (κ3) is 8.13. The Morgan fingerprint density at radius 1 is 1.50 bits per heavy atom. The number of hydroxylamine groups is 1. The second kappa shape index (κ2) is 5.64. The predicted octanol–water partition coefficient (Wildman–Crippen LogP) is 0.377. The summed E-state index contributed by atoms with van der Waals surface area (Å²) in [7, 11) is -4.47. The molecule has 0 aliphatic carbocycles. The zero-order valence-electron chi connectivity index (χ0n) is 7.01. The minimum atomic E-state index is -4.47. The molecule has 0 saturated heterocycles. The first-order chi connectivity index (χ1) is 5.45. The topological polar surface area (TPSA) is 96.0 Å². The SMILES string of the molecule is CCCCCN(N)OP(=O)(O)O. The molecule has 0 aromatic rings. The summed E-state index contributed by atoms with van der Waals surface area (Å²) in [6.07, 6.45) is 2.73. The van der Waals surface area contributed by atoms with Crippen molar-refractivity contribution in [3.8, 4) is 0 Å². The maximum Gasteiger partial charge on any atom is 0.487 e. The van der Waals surface area contributed by atoms with Crippen molar-refractivity contribution in [3.63, 3.8) is 0 Å². The van der Waals surface area contributed by atoms with Crippen LogP contribution in [0.1, 0.15) is 26.2 Å². The molecular weight excluding hydrogens is 183 g/mol. The monoisotopic (exact) mass is 198 g/mol. The van der Waals surface area contributed by atoms with Crippen LogP contribution in [0.25, 0.3) is 0 Å². The minimum absolute atomic E-state index is 0.318. The van der Waals surface area contributed by atoms with E-state index >= 15 is 0 Å². The highest BCUT2D eigenvalue weighted by Gasteiger charge is 2.17. The molecule has 0 bridgehead atoms. The highest BCUT2D eigenvalue weighted by molar-refractivity contribution is 7.46. The molecule has 0 aliphatic heterocycles. The molecule has 0 spiro atoms. The fourth-order valence-corrected chi connectivity index (χ4v) is 1.05. The highest BCUT2D eigenvalue weighted by atomic mass is 31.2. The van der Waals surface area contributed by atoms with E-state index in [1.807, 2.05) is 6.92 Å². The van der Waals surface area contributed by atoms with Crippen molar-refractivity contribution >= 4 is 7.82 Å². The van der Waals surface area contributed by atoms with Gasteiger partial charge in [0.15, 0.2) is 0 Å². The van der Waals surface area contributed by atoms with Crippen molar-refractivity contribution < 1.29 is 19.0 Å². The molecule has 0 fully saturated rings. The van der Waals surface area contributed by atoms with Crippen LogP contribution in [0.15, 0.2) is 0 Å². The van der Waals surface area contributed by atoms with Crippen LogP contribution in [-0.4, -0.2) is 21.5 Å². The summed E-state index contributed by atoms with van der Waals surface area (Å²) in [5, 5.41) is 0.677. The third-order valence-electron chi connectivity index (χ3n) is 1.19. The second-order valence-electron chi connectivity index (χ2n) is 2.42. The van der Waals surface area contributed by atoms with Crippen LogP contribution in [0.2, 0.25) is 0 Å². The molecule has 0 aliphatic rings. The first-order valence-electron chi connectivity index (χ1n) is 3.73. The van der Waals surface area contributed by atoms with Crippen LogP contribution in [0.3, 0.4) is 0 Å². The first kappa shape index (κ1) is 12.0. The number of nitrogens with zero attached hydrogens (tertiary/aromatic N) is 1. The van der Waals surface area contributed by atoms with Crippen LogP contribution in [0.5, 0.6) is 0 Å². The largest absolute Gasteiger partial charge is 0.487 e. The molecular formula is C5H15N2O4P. The van der Waals surface area contributed by atoms with Gasteiger partial charge in [-0.2, -0.15) is 4.62 Å². The fraction of sp³-hybridized carbons (Fsp3) is 1.00. The molecule has 0 aromatic carbocycles. The summed E-state index contributed by atoms with van der Waals surface area (Å²) >= 11 is 0. The number of rotatable bonds is 6. The Morgan fingerprint density at radius 2 is 2.08 bits per heavy atom. The lowest BCUT2D eigenvalue weighted by Crippen LogP contribution is -2.30. The number of nitrogens with two attached hydrogens (primary N) is 1. The maximum absolute atomic E-state index is 10.2. The molecule has 7 heteroatoms. The Morgan fingerprint density at radius 3 is 2.50 bits per heavy atom. The molecule has 0 amide bonds. The first-order valence-corrected chi connectivity index (χ1v) is 5.26. The lowest BCUT2D eigenvalue weighted by Gasteiger charge is -2.15. The summed E-state index contributed by atoms with van der Waals surface area (Å²) in [4.78, 5) is 16.6. The summed E-state index contributed by atoms with van der Waals surface area (Å²) in [6.45, 7) is 2.34. The Bertz CT molecular complexity index is 160. The van der Waals surface area contributed by atoms with Gasteiger partial charge >= 0.3 is 7.82 Å². The molecule has 0 saturated carbocycles. The van der Waals surface area contributed by atoms with Crippen molar-refractivity contribution in [2.24, 2.45) is 5.84 Å². The van der Waals surface area contributed by atoms with E-state index in [0.29, 0.717) is 11.7 Å². The molecule has 0 heterocycles.